The lowest BCUT2D eigenvalue weighted by molar-refractivity contribution is -0.138. The molecule has 0 saturated carbocycles. The minimum absolute atomic E-state index is 0.155. The number of pyridine rings is 1. The predicted octanol–water partition coefficient (Wildman–Crippen LogP) is 5.74. The maximum Gasteiger partial charge on any atom is 0.417 e. The Morgan fingerprint density at radius 2 is 1.82 bits per heavy atom. The summed E-state index contributed by atoms with van der Waals surface area (Å²) in [6.45, 7) is 5.82. The zero-order chi connectivity index (χ0) is 24.0. The third-order valence-corrected chi connectivity index (χ3v) is 4.88. The number of rotatable bonds is 9. The SMILES string of the molecule is CC(=O)Oc1ccccc1OCCCCc1cn(-c2ccc(C(F)(F)F)cn2)nc1C(C)C. The summed E-state index contributed by atoms with van der Waals surface area (Å²) in [7, 11) is 0. The maximum atomic E-state index is 12.8. The summed E-state index contributed by atoms with van der Waals surface area (Å²) < 4.78 is 50.8. The highest BCUT2D eigenvalue weighted by molar-refractivity contribution is 5.70. The fourth-order valence-electron chi connectivity index (χ4n) is 3.32. The van der Waals surface area contributed by atoms with Gasteiger partial charge in [-0.25, -0.2) is 9.67 Å². The van der Waals surface area contributed by atoms with Crippen LogP contribution in [-0.4, -0.2) is 27.3 Å². The highest BCUT2D eigenvalue weighted by Gasteiger charge is 2.30. The summed E-state index contributed by atoms with van der Waals surface area (Å²) in [4.78, 5) is 15.1. The average molecular weight is 461 g/mol. The molecule has 0 amide bonds. The first-order valence-electron chi connectivity index (χ1n) is 10.7. The molecule has 0 fully saturated rings. The second-order valence-corrected chi connectivity index (χ2v) is 7.89. The van der Waals surface area contributed by atoms with E-state index in [4.69, 9.17) is 9.47 Å². The Bertz CT molecular complexity index is 1080. The summed E-state index contributed by atoms with van der Waals surface area (Å²) in [6, 6.07) is 9.32. The van der Waals surface area contributed by atoms with Crippen molar-refractivity contribution in [2.75, 3.05) is 6.61 Å². The van der Waals surface area contributed by atoms with Gasteiger partial charge in [-0.15, -0.1) is 0 Å². The van der Waals surface area contributed by atoms with Crippen LogP contribution >= 0.6 is 0 Å². The van der Waals surface area contributed by atoms with E-state index in [2.05, 4.69) is 10.1 Å². The van der Waals surface area contributed by atoms with Gasteiger partial charge in [0.25, 0.3) is 0 Å². The lowest BCUT2D eigenvalue weighted by Gasteiger charge is -2.10. The van der Waals surface area contributed by atoms with Crippen molar-refractivity contribution in [1.82, 2.24) is 14.8 Å². The van der Waals surface area contributed by atoms with Crippen LogP contribution in [0.25, 0.3) is 5.82 Å². The number of alkyl halides is 3. The summed E-state index contributed by atoms with van der Waals surface area (Å²) in [6.07, 6.45) is 0.531. The number of nitrogens with zero attached hydrogens (tertiary/aromatic N) is 3. The van der Waals surface area contributed by atoms with Gasteiger partial charge in [0.15, 0.2) is 17.3 Å². The second-order valence-electron chi connectivity index (χ2n) is 7.89. The highest BCUT2D eigenvalue weighted by atomic mass is 19.4. The minimum Gasteiger partial charge on any atom is -0.490 e. The number of carbonyl (C=O) groups is 1. The van der Waals surface area contributed by atoms with E-state index in [9.17, 15) is 18.0 Å². The number of hydrogen-bond acceptors (Lipinski definition) is 5. The molecule has 0 aliphatic rings. The van der Waals surface area contributed by atoms with E-state index >= 15 is 0 Å². The highest BCUT2D eigenvalue weighted by Crippen LogP contribution is 2.29. The first-order chi connectivity index (χ1) is 15.6. The van der Waals surface area contributed by atoms with E-state index in [0.29, 0.717) is 23.9 Å². The van der Waals surface area contributed by atoms with Crippen LogP contribution in [0.3, 0.4) is 0 Å². The largest absolute Gasteiger partial charge is 0.490 e. The molecule has 9 heteroatoms. The van der Waals surface area contributed by atoms with Crippen LogP contribution in [-0.2, 0) is 17.4 Å². The van der Waals surface area contributed by atoms with Crippen molar-refractivity contribution >= 4 is 5.97 Å². The summed E-state index contributed by atoms with van der Waals surface area (Å²) >= 11 is 0. The third-order valence-electron chi connectivity index (χ3n) is 4.88. The van der Waals surface area contributed by atoms with Crippen LogP contribution in [0, 0.1) is 0 Å². The number of carbonyl (C=O) groups excluding carboxylic acids is 1. The number of aryl methyl sites for hydroxylation is 1. The van der Waals surface area contributed by atoms with E-state index in [1.165, 1.54) is 17.7 Å². The molecule has 0 unspecified atom stereocenters. The number of unbranched alkanes of at least 4 members (excludes halogenated alkanes) is 1. The van der Waals surface area contributed by atoms with E-state index in [0.717, 1.165) is 42.8 Å². The van der Waals surface area contributed by atoms with Crippen molar-refractivity contribution < 1.29 is 27.4 Å². The van der Waals surface area contributed by atoms with Gasteiger partial charge >= 0.3 is 12.1 Å². The molecule has 33 heavy (non-hydrogen) atoms. The van der Waals surface area contributed by atoms with Gasteiger partial charge in [0.05, 0.1) is 17.9 Å². The van der Waals surface area contributed by atoms with Crippen molar-refractivity contribution in [2.45, 2.75) is 52.1 Å². The van der Waals surface area contributed by atoms with Crippen LogP contribution in [0.2, 0.25) is 0 Å². The Morgan fingerprint density at radius 3 is 2.42 bits per heavy atom. The van der Waals surface area contributed by atoms with E-state index in [1.54, 1.807) is 24.3 Å². The average Bonchev–Trinajstić information content (AvgIpc) is 3.18. The number of esters is 1. The molecule has 0 aliphatic carbocycles. The third kappa shape index (κ3) is 6.57. The van der Waals surface area contributed by atoms with E-state index in [-0.39, 0.29) is 5.92 Å². The molecule has 2 heterocycles. The summed E-state index contributed by atoms with van der Waals surface area (Å²) in [5, 5.41) is 4.55. The smallest absolute Gasteiger partial charge is 0.417 e. The predicted molar refractivity (Wildman–Crippen MR) is 117 cm³/mol. The normalized spacial score (nSPS) is 11.6. The zero-order valence-electron chi connectivity index (χ0n) is 18.7. The Balaban J connectivity index is 1.60. The monoisotopic (exact) mass is 461 g/mol. The molecule has 1 aromatic carbocycles. The number of benzene rings is 1. The Morgan fingerprint density at radius 1 is 1.09 bits per heavy atom. The molecule has 0 aliphatic heterocycles. The molecule has 0 spiro atoms. The number of hydrogen-bond donors (Lipinski definition) is 0. The van der Waals surface area contributed by atoms with Crippen molar-refractivity contribution in [3.8, 4) is 17.3 Å². The molecule has 0 saturated heterocycles. The molecule has 0 atom stereocenters. The standard InChI is InChI=1S/C24H26F3N3O3/c1-16(2)23-18(15-30(29-23)22-12-11-19(14-28-22)24(25,26)27)8-6-7-13-32-20-9-4-5-10-21(20)33-17(3)31/h4-5,9-12,14-16H,6-8,13H2,1-3H3. The molecule has 0 N–H and O–H groups in total. The molecular weight excluding hydrogens is 435 g/mol. The van der Waals surface area contributed by atoms with Gasteiger partial charge in [-0.2, -0.15) is 18.3 Å². The molecule has 3 rings (SSSR count). The van der Waals surface area contributed by atoms with Gasteiger partial charge in [0, 0.05) is 19.3 Å². The van der Waals surface area contributed by atoms with E-state index in [1.807, 2.05) is 20.0 Å². The maximum absolute atomic E-state index is 12.8. The second kappa shape index (κ2) is 10.5. The van der Waals surface area contributed by atoms with Gasteiger partial charge < -0.3 is 9.47 Å². The van der Waals surface area contributed by atoms with Crippen LogP contribution in [0.15, 0.2) is 48.8 Å². The molecule has 176 valence electrons. The van der Waals surface area contributed by atoms with Crippen molar-refractivity contribution in [1.29, 1.82) is 0 Å². The lowest BCUT2D eigenvalue weighted by atomic mass is 10.0. The van der Waals surface area contributed by atoms with Gasteiger partial charge in [0.1, 0.15) is 0 Å². The fraction of sp³-hybridized carbons (Fsp3) is 0.375. The van der Waals surface area contributed by atoms with Gasteiger partial charge in [-0.3, -0.25) is 4.79 Å². The molecule has 2 aromatic heterocycles. The Hall–Kier alpha value is -3.36. The molecule has 3 aromatic rings. The van der Waals surface area contributed by atoms with Crippen LogP contribution < -0.4 is 9.47 Å². The summed E-state index contributed by atoms with van der Waals surface area (Å²) in [5.74, 6) is 0.977. The number of aromatic nitrogens is 3. The van der Waals surface area contributed by atoms with Crippen LogP contribution in [0.1, 0.15) is 56.4 Å². The van der Waals surface area contributed by atoms with Gasteiger partial charge in [-0.05, 0) is 55.0 Å². The fourth-order valence-corrected chi connectivity index (χ4v) is 3.32. The first-order valence-corrected chi connectivity index (χ1v) is 10.7. The van der Waals surface area contributed by atoms with Gasteiger partial charge in [0.2, 0.25) is 0 Å². The molecule has 0 radical (unpaired) electrons. The van der Waals surface area contributed by atoms with Gasteiger partial charge in [-0.1, -0.05) is 26.0 Å². The Kier molecular flexibility index (Phi) is 7.73. The first kappa shape index (κ1) is 24.3. The van der Waals surface area contributed by atoms with Crippen LogP contribution in [0.5, 0.6) is 11.5 Å². The van der Waals surface area contributed by atoms with Crippen LogP contribution in [0.4, 0.5) is 13.2 Å². The quantitative estimate of drug-likeness (QED) is 0.231. The minimum atomic E-state index is -4.43. The summed E-state index contributed by atoms with van der Waals surface area (Å²) in [5.41, 5.74) is 1.11. The zero-order valence-corrected chi connectivity index (χ0v) is 18.7. The van der Waals surface area contributed by atoms with E-state index < -0.39 is 17.7 Å². The molecular formula is C24H26F3N3O3. The van der Waals surface area contributed by atoms with Crippen molar-refractivity contribution in [3.05, 3.63) is 65.6 Å². The number of halogens is 3. The topological polar surface area (TPSA) is 66.2 Å². The lowest BCUT2D eigenvalue weighted by Crippen LogP contribution is -2.07. The number of para-hydroxylation sites is 2. The van der Waals surface area contributed by atoms with Crippen molar-refractivity contribution in [3.63, 3.8) is 0 Å². The molecule has 0 bridgehead atoms. The molecule has 6 nitrogen and oxygen atoms in total. The Labute approximate surface area is 190 Å². The number of ether oxygens (including phenoxy) is 2. The van der Waals surface area contributed by atoms with Crippen molar-refractivity contribution in [2.24, 2.45) is 0 Å².